The standard InChI is InChI=1S/C25H23ClN6O3S2/c1-15-11-16(2)28-24(27-15)36-13-21-30-31-25(32(21)20-6-4-5-18(26)12-20)37-14-22(33)29-19-9-7-17(8-10-19)23(34)35-3/h4-12H,13-14H2,1-3H3,(H,29,33). The van der Waals surface area contributed by atoms with Crippen molar-refractivity contribution in [3.8, 4) is 5.69 Å². The Morgan fingerprint density at radius 3 is 2.41 bits per heavy atom. The first-order valence-corrected chi connectivity index (χ1v) is 13.4. The summed E-state index contributed by atoms with van der Waals surface area (Å²) in [7, 11) is 1.32. The first kappa shape index (κ1) is 26.6. The number of carbonyl (C=O) groups excluding carboxylic acids is 2. The number of anilines is 1. The highest BCUT2D eigenvalue weighted by Crippen LogP contribution is 2.27. The summed E-state index contributed by atoms with van der Waals surface area (Å²) in [6.07, 6.45) is 0. The lowest BCUT2D eigenvalue weighted by atomic mass is 10.2. The highest BCUT2D eigenvalue weighted by atomic mass is 35.5. The van der Waals surface area contributed by atoms with Crippen LogP contribution in [0.4, 0.5) is 5.69 Å². The lowest BCUT2D eigenvalue weighted by Gasteiger charge is -2.11. The quantitative estimate of drug-likeness (QED) is 0.171. The average Bonchev–Trinajstić information content (AvgIpc) is 3.28. The molecule has 2 aromatic carbocycles. The second kappa shape index (κ2) is 12.2. The molecule has 4 rings (SSSR count). The minimum Gasteiger partial charge on any atom is -0.465 e. The van der Waals surface area contributed by atoms with E-state index in [4.69, 9.17) is 16.3 Å². The molecule has 0 bridgehead atoms. The Morgan fingerprint density at radius 1 is 1.00 bits per heavy atom. The zero-order valence-electron chi connectivity index (χ0n) is 20.3. The molecule has 2 aromatic heterocycles. The zero-order valence-corrected chi connectivity index (χ0v) is 22.7. The molecule has 1 N–H and O–H groups in total. The van der Waals surface area contributed by atoms with Crippen LogP contribution in [0, 0.1) is 13.8 Å². The van der Waals surface area contributed by atoms with Crippen LogP contribution >= 0.6 is 35.1 Å². The number of nitrogens with one attached hydrogen (secondary N) is 1. The number of halogens is 1. The summed E-state index contributed by atoms with van der Waals surface area (Å²) in [5.74, 6) is 0.589. The maximum atomic E-state index is 12.6. The maximum Gasteiger partial charge on any atom is 0.337 e. The number of ether oxygens (including phenoxy) is 1. The van der Waals surface area contributed by atoms with Gasteiger partial charge in [0.2, 0.25) is 5.91 Å². The number of benzene rings is 2. The molecule has 0 unspecified atom stereocenters. The topological polar surface area (TPSA) is 112 Å². The van der Waals surface area contributed by atoms with E-state index in [-0.39, 0.29) is 11.7 Å². The van der Waals surface area contributed by atoms with Crippen LogP contribution in [0.5, 0.6) is 0 Å². The van der Waals surface area contributed by atoms with Crippen LogP contribution in [-0.4, -0.2) is 49.5 Å². The van der Waals surface area contributed by atoms with Crippen molar-refractivity contribution in [3.05, 3.63) is 82.4 Å². The summed E-state index contributed by atoms with van der Waals surface area (Å²) in [6, 6.07) is 15.8. The monoisotopic (exact) mass is 554 g/mol. The first-order chi connectivity index (χ1) is 17.8. The fourth-order valence-electron chi connectivity index (χ4n) is 3.38. The van der Waals surface area contributed by atoms with E-state index in [1.807, 2.05) is 42.7 Å². The van der Waals surface area contributed by atoms with Gasteiger partial charge in [0.15, 0.2) is 10.3 Å². The zero-order chi connectivity index (χ0) is 26.4. The molecule has 9 nitrogen and oxygen atoms in total. The molecule has 0 saturated carbocycles. The van der Waals surface area contributed by atoms with Gasteiger partial charge in [0.1, 0.15) is 5.82 Å². The van der Waals surface area contributed by atoms with Gasteiger partial charge in [0, 0.05) is 22.1 Å². The van der Waals surface area contributed by atoms with Gasteiger partial charge in [-0.05, 0) is 62.4 Å². The normalized spacial score (nSPS) is 10.8. The van der Waals surface area contributed by atoms with Crippen molar-refractivity contribution in [1.29, 1.82) is 0 Å². The minimum absolute atomic E-state index is 0.102. The lowest BCUT2D eigenvalue weighted by molar-refractivity contribution is -0.113. The Morgan fingerprint density at radius 2 is 1.73 bits per heavy atom. The summed E-state index contributed by atoms with van der Waals surface area (Å²) in [5.41, 5.74) is 3.55. The number of rotatable bonds is 9. The number of methoxy groups -OCH3 is 1. The predicted octanol–water partition coefficient (Wildman–Crippen LogP) is 5.14. The first-order valence-electron chi connectivity index (χ1n) is 11.1. The highest BCUT2D eigenvalue weighted by molar-refractivity contribution is 7.99. The number of carbonyl (C=O) groups is 2. The summed E-state index contributed by atoms with van der Waals surface area (Å²) < 4.78 is 6.57. The van der Waals surface area contributed by atoms with E-state index in [9.17, 15) is 9.59 Å². The molecule has 0 aliphatic heterocycles. The van der Waals surface area contributed by atoms with Crippen LogP contribution in [0.3, 0.4) is 0 Å². The number of hydrogen-bond acceptors (Lipinski definition) is 9. The molecule has 0 spiro atoms. The largest absolute Gasteiger partial charge is 0.465 e. The second-order valence-electron chi connectivity index (χ2n) is 7.84. The van der Waals surface area contributed by atoms with Crippen LogP contribution in [0.2, 0.25) is 5.02 Å². The Balaban J connectivity index is 1.49. The minimum atomic E-state index is -0.438. The van der Waals surface area contributed by atoms with Gasteiger partial charge < -0.3 is 10.1 Å². The Hall–Kier alpha value is -3.41. The summed E-state index contributed by atoms with van der Waals surface area (Å²) in [5, 5.41) is 13.3. The van der Waals surface area contributed by atoms with E-state index >= 15 is 0 Å². The van der Waals surface area contributed by atoms with Crippen molar-refractivity contribution < 1.29 is 14.3 Å². The fourth-order valence-corrected chi connectivity index (χ4v) is 5.20. The third-order valence-corrected chi connectivity index (χ3v) is 6.99. The van der Waals surface area contributed by atoms with Crippen LogP contribution in [0.1, 0.15) is 27.6 Å². The number of thioether (sulfide) groups is 2. The Bertz CT molecular complexity index is 1410. The van der Waals surface area contributed by atoms with Crippen molar-refractivity contribution in [2.24, 2.45) is 0 Å². The Kier molecular flexibility index (Phi) is 8.80. The molecule has 0 aliphatic carbocycles. The van der Waals surface area contributed by atoms with Crippen LogP contribution in [0.25, 0.3) is 5.69 Å². The van der Waals surface area contributed by atoms with Gasteiger partial charge in [0.05, 0.1) is 29.9 Å². The highest BCUT2D eigenvalue weighted by Gasteiger charge is 2.17. The van der Waals surface area contributed by atoms with Crippen LogP contribution in [0.15, 0.2) is 64.9 Å². The molecule has 37 heavy (non-hydrogen) atoms. The van der Waals surface area contributed by atoms with E-state index in [0.29, 0.717) is 38.2 Å². The van der Waals surface area contributed by atoms with Crippen LogP contribution < -0.4 is 5.32 Å². The fraction of sp³-hybridized carbons (Fsp3) is 0.200. The van der Waals surface area contributed by atoms with Gasteiger partial charge in [0.25, 0.3) is 0 Å². The van der Waals surface area contributed by atoms with E-state index in [0.717, 1.165) is 17.1 Å². The van der Waals surface area contributed by atoms with E-state index in [1.165, 1.54) is 30.6 Å². The molecule has 1 amide bonds. The third kappa shape index (κ3) is 7.09. The van der Waals surface area contributed by atoms with Crippen molar-refractivity contribution >= 4 is 52.7 Å². The molecule has 4 aromatic rings. The molecule has 0 radical (unpaired) electrons. The third-order valence-electron chi connectivity index (χ3n) is 4.98. The molecular weight excluding hydrogens is 532 g/mol. The summed E-state index contributed by atoms with van der Waals surface area (Å²) in [6.45, 7) is 3.86. The van der Waals surface area contributed by atoms with E-state index in [1.54, 1.807) is 30.3 Å². The molecule has 0 aliphatic rings. The average molecular weight is 555 g/mol. The second-order valence-corrected chi connectivity index (χ2v) is 10.2. The molecule has 0 saturated heterocycles. The van der Waals surface area contributed by atoms with Crippen molar-refractivity contribution in [1.82, 2.24) is 24.7 Å². The number of hydrogen-bond donors (Lipinski definition) is 1. The van der Waals surface area contributed by atoms with Crippen molar-refractivity contribution in [2.75, 3.05) is 18.2 Å². The molecule has 2 heterocycles. The van der Waals surface area contributed by atoms with Gasteiger partial charge in [-0.3, -0.25) is 9.36 Å². The molecular formula is C25H23ClN6O3S2. The van der Waals surface area contributed by atoms with Crippen LogP contribution in [-0.2, 0) is 15.3 Å². The van der Waals surface area contributed by atoms with Crippen molar-refractivity contribution in [2.45, 2.75) is 29.9 Å². The molecule has 0 fully saturated rings. The summed E-state index contributed by atoms with van der Waals surface area (Å²) >= 11 is 8.97. The van der Waals surface area contributed by atoms with E-state index in [2.05, 4.69) is 25.5 Å². The van der Waals surface area contributed by atoms with E-state index < -0.39 is 5.97 Å². The summed E-state index contributed by atoms with van der Waals surface area (Å²) in [4.78, 5) is 33.2. The molecule has 190 valence electrons. The molecule has 0 atom stereocenters. The maximum absolute atomic E-state index is 12.6. The predicted molar refractivity (Wildman–Crippen MR) is 145 cm³/mol. The van der Waals surface area contributed by atoms with Crippen molar-refractivity contribution in [3.63, 3.8) is 0 Å². The number of esters is 1. The van der Waals surface area contributed by atoms with Gasteiger partial charge in [-0.15, -0.1) is 10.2 Å². The smallest absolute Gasteiger partial charge is 0.337 e. The lowest BCUT2D eigenvalue weighted by Crippen LogP contribution is -2.15. The Labute approximate surface area is 227 Å². The number of aromatic nitrogens is 5. The number of amides is 1. The SMILES string of the molecule is COC(=O)c1ccc(NC(=O)CSc2nnc(CSc3nc(C)cc(C)n3)n2-c2cccc(Cl)c2)cc1. The number of nitrogens with zero attached hydrogens (tertiary/aromatic N) is 5. The number of aryl methyl sites for hydroxylation is 2. The molecule has 12 heteroatoms. The van der Waals surface area contributed by atoms with Gasteiger partial charge in [-0.2, -0.15) is 0 Å². The van der Waals surface area contributed by atoms with Gasteiger partial charge in [-0.25, -0.2) is 14.8 Å². The van der Waals surface area contributed by atoms with Gasteiger partial charge >= 0.3 is 5.97 Å². The van der Waals surface area contributed by atoms with Gasteiger partial charge in [-0.1, -0.05) is 41.2 Å².